The molecule has 0 aliphatic carbocycles. The predicted molar refractivity (Wildman–Crippen MR) is 139 cm³/mol. The van der Waals surface area contributed by atoms with Crippen molar-refractivity contribution >= 4 is 16.7 Å². The zero-order chi connectivity index (χ0) is 40.8. The third kappa shape index (κ3) is 8.06. The number of hydrogen-bond donors (Lipinski definition) is 0. The van der Waals surface area contributed by atoms with Crippen molar-refractivity contribution < 1.29 is 79.0 Å². The van der Waals surface area contributed by atoms with E-state index in [1.165, 1.54) is 0 Å². The van der Waals surface area contributed by atoms with Crippen LogP contribution in [0.5, 0.6) is 0 Å². The summed E-state index contributed by atoms with van der Waals surface area (Å²) in [4.78, 5) is 4.01. The van der Waals surface area contributed by atoms with Gasteiger partial charge in [0.1, 0.15) is 12.1 Å². The summed E-state index contributed by atoms with van der Waals surface area (Å²) in [6.45, 7) is 0.327. The van der Waals surface area contributed by atoms with E-state index in [1.807, 2.05) is 9.97 Å². The lowest BCUT2D eigenvalue weighted by molar-refractivity contribution is -0.145. The molecular formula is C30H7F18N5. The van der Waals surface area contributed by atoms with Crippen LogP contribution >= 0.6 is 0 Å². The van der Waals surface area contributed by atoms with Crippen LogP contribution < -0.4 is 0 Å². The summed E-state index contributed by atoms with van der Waals surface area (Å²) < 4.78 is 251. The van der Waals surface area contributed by atoms with Gasteiger partial charge >= 0.3 is 24.7 Å². The van der Waals surface area contributed by atoms with Crippen molar-refractivity contribution in [2.24, 2.45) is 0 Å². The minimum Gasteiger partial charge on any atom is -0.209 e. The second kappa shape index (κ2) is 14.2. The summed E-state index contributed by atoms with van der Waals surface area (Å²) in [5.74, 6) is -17.1. The Kier molecular flexibility index (Phi) is 11.1. The summed E-state index contributed by atoms with van der Waals surface area (Å²) in [6, 6.07) is 1.86. The molecule has 0 fully saturated rings. The van der Waals surface area contributed by atoms with E-state index in [-0.39, 0.29) is 18.2 Å². The fourth-order valence-corrected chi connectivity index (χ4v) is 4.44. The summed E-state index contributed by atoms with van der Waals surface area (Å²) in [6.07, 6.45) is -23.7. The maximum atomic E-state index is 15.3. The Balaban J connectivity index is 2.77. The van der Waals surface area contributed by atoms with Gasteiger partial charge < -0.3 is 0 Å². The molecule has 0 saturated heterocycles. The van der Waals surface area contributed by atoms with Crippen LogP contribution in [0.1, 0.15) is 46.1 Å². The van der Waals surface area contributed by atoms with Crippen molar-refractivity contribution in [2.75, 3.05) is 0 Å². The molecule has 3 rings (SSSR count). The van der Waals surface area contributed by atoms with Crippen LogP contribution in [-0.2, 0) is 24.7 Å². The Bertz CT molecular complexity index is 2230. The normalized spacial score (nSPS) is 13.8. The standard InChI is InChI=1S/C30H7F18N5/c1-9(14(7-50)12-3-2-11(27(37,38)39)5-16(12)28(40,41)42)13(15(8-51)18-20(32)24(30(46,47)48)53-26(36)22(18)34)4-10(6-49)17-19(31)23(29(43,44)45)52-25(35)21(17)33/h2-5H,1H3/b10-4-,14-9+,15-13-. The van der Waals surface area contributed by atoms with E-state index in [9.17, 15) is 81.6 Å². The molecule has 278 valence electrons. The van der Waals surface area contributed by atoms with Gasteiger partial charge in [-0.2, -0.15) is 77.3 Å². The molecule has 1 aromatic carbocycles. The average molecular weight is 779 g/mol. The number of halogens is 18. The van der Waals surface area contributed by atoms with Gasteiger partial charge in [-0.25, -0.2) is 27.5 Å². The number of alkyl halides is 12. The fraction of sp³-hybridized carbons (Fsp3) is 0.167. The Morgan fingerprint density at radius 1 is 0.585 bits per heavy atom. The molecule has 0 unspecified atom stereocenters. The highest BCUT2D eigenvalue weighted by Crippen LogP contribution is 2.43. The highest BCUT2D eigenvalue weighted by molar-refractivity contribution is 5.94. The number of pyridine rings is 2. The first-order valence-electron chi connectivity index (χ1n) is 13.0. The van der Waals surface area contributed by atoms with E-state index < -0.39 is 133 Å². The van der Waals surface area contributed by atoms with Gasteiger partial charge in [0.05, 0.1) is 45.0 Å². The lowest BCUT2D eigenvalue weighted by Crippen LogP contribution is -2.17. The average Bonchev–Trinajstić information content (AvgIpc) is 3.03. The largest absolute Gasteiger partial charge is 0.436 e. The van der Waals surface area contributed by atoms with Crippen LogP contribution in [0.4, 0.5) is 79.0 Å². The predicted octanol–water partition coefficient (Wildman–Crippen LogP) is 10.3. The first kappa shape index (κ1) is 41.4. The second-order valence-corrected chi connectivity index (χ2v) is 9.94. The Hall–Kier alpha value is -6.05. The molecule has 5 nitrogen and oxygen atoms in total. The van der Waals surface area contributed by atoms with E-state index in [4.69, 9.17) is 0 Å². The SMILES string of the molecule is CC(=C(/C#N)c1ccc(C(F)(F)F)cc1C(F)(F)F)/C(/C=C(/C#N)c1c(F)c(F)nc(C(F)(F)F)c1F)=C(/C#N)c1c(F)c(F)nc(C(F)(F)F)c1F. The van der Waals surface area contributed by atoms with E-state index in [0.717, 1.165) is 18.2 Å². The van der Waals surface area contributed by atoms with Crippen LogP contribution in [0.2, 0.25) is 0 Å². The topological polar surface area (TPSA) is 97.1 Å². The first-order valence-corrected chi connectivity index (χ1v) is 13.0. The number of rotatable bonds is 5. The zero-order valence-corrected chi connectivity index (χ0v) is 24.8. The summed E-state index contributed by atoms with van der Waals surface area (Å²) in [7, 11) is 0. The van der Waals surface area contributed by atoms with Gasteiger partial charge in [-0.1, -0.05) is 6.07 Å². The Morgan fingerprint density at radius 3 is 1.43 bits per heavy atom. The maximum absolute atomic E-state index is 15.3. The summed E-state index contributed by atoms with van der Waals surface area (Å²) in [5.41, 5.74) is -25.5. The van der Waals surface area contributed by atoms with E-state index in [2.05, 4.69) is 0 Å². The number of nitrogens with zero attached hydrogens (tertiary/aromatic N) is 5. The number of allylic oxidation sites excluding steroid dienone is 6. The molecule has 0 radical (unpaired) electrons. The first-order chi connectivity index (χ1) is 24.1. The Morgan fingerprint density at radius 2 is 1.04 bits per heavy atom. The van der Waals surface area contributed by atoms with Crippen LogP contribution in [0.3, 0.4) is 0 Å². The second-order valence-electron chi connectivity index (χ2n) is 9.94. The van der Waals surface area contributed by atoms with E-state index in [1.54, 1.807) is 0 Å². The summed E-state index contributed by atoms with van der Waals surface area (Å²) in [5, 5.41) is 29.4. The quantitative estimate of drug-likeness (QED) is 0.111. The molecule has 53 heavy (non-hydrogen) atoms. The van der Waals surface area contributed by atoms with Crippen LogP contribution in [0.15, 0.2) is 35.4 Å². The fourth-order valence-electron chi connectivity index (χ4n) is 4.44. The number of aromatic nitrogens is 2. The molecule has 2 aromatic heterocycles. The van der Waals surface area contributed by atoms with Crippen molar-refractivity contribution in [1.82, 2.24) is 9.97 Å². The number of nitriles is 3. The molecule has 0 spiro atoms. The van der Waals surface area contributed by atoms with Gasteiger partial charge in [0.15, 0.2) is 34.7 Å². The van der Waals surface area contributed by atoms with E-state index >= 15 is 13.2 Å². The smallest absolute Gasteiger partial charge is 0.209 e. The van der Waals surface area contributed by atoms with Gasteiger partial charge in [-0.3, -0.25) is 0 Å². The lowest BCUT2D eigenvalue weighted by Gasteiger charge is -2.18. The van der Waals surface area contributed by atoms with Gasteiger partial charge in [-0.15, -0.1) is 0 Å². The van der Waals surface area contributed by atoms with E-state index in [0.29, 0.717) is 6.92 Å². The molecule has 2 heterocycles. The molecule has 0 saturated carbocycles. The Labute approximate surface area is 281 Å². The third-order valence-electron chi connectivity index (χ3n) is 6.74. The van der Waals surface area contributed by atoms with Crippen LogP contribution in [0.25, 0.3) is 16.7 Å². The minimum atomic E-state index is -6.03. The van der Waals surface area contributed by atoms with Crippen LogP contribution in [-0.4, -0.2) is 9.97 Å². The highest BCUT2D eigenvalue weighted by Gasteiger charge is 2.43. The van der Waals surface area contributed by atoms with Crippen molar-refractivity contribution in [2.45, 2.75) is 31.6 Å². The molecule has 0 N–H and O–H groups in total. The molecule has 0 aliphatic rings. The molecule has 0 aliphatic heterocycles. The zero-order valence-electron chi connectivity index (χ0n) is 24.8. The van der Waals surface area contributed by atoms with Crippen LogP contribution in [0, 0.1) is 69.2 Å². The minimum absolute atomic E-state index is 0.0332. The maximum Gasteiger partial charge on any atom is 0.436 e. The molecular weight excluding hydrogens is 772 g/mol. The molecule has 23 heteroatoms. The third-order valence-corrected chi connectivity index (χ3v) is 6.74. The number of benzene rings is 1. The van der Waals surface area contributed by atoms with Crippen molar-refractivity contribution in [3.63, 3.8) is 0 Å². The lowest BCUT2D eigenvalue weighted by atomic mass is 9.87. The summed E-state index contributed by atoms with van der Waals surface area (Å²) >= 11 is 0. The van der Waals surface area contributed by atoms with Gasteiger partial charge in [-0.05, 0) is 36.3 Å². The number of hydrogen-bond acceptors (Lipinski definition) is 5. The van der Waals surface area contributed by atoms with Gasteiger partial charge in [0.2, 0.25) is 11.9 Å². The van der Waals surface area contributed by atoms with Gasteiger partial charge in [0.25, 0.3) is 0 Å². The molecule has 0 amide bonds. The molecule has 0 atom stereocenters. The van der Waals surface area contributed by atoms with Crippen molar-refractivity contribution in [3.8, 4) is 18.2 Å². The van der Waals surface area contributed by atoms with Crippen molar-refractivity contribution in [1.29, 1.82) is 15.8 Å². The van der Waals surface area contributed by atoms with Gasteiger partial charge in [0, 0.05) is 5.56 Å². The molecule has 0 bridgehead atoms. The highest BCUT2D eigenvalue weighted by atomic mass is 19.4. The monoisotopic (exact) mass is 779 g/mol. The molecule has 3 aromatic rings. The van der Waals surface area contributed by atoms with Crippen molar-refractivity contribution in [3.05, 3.63) is 110 Å².